The van der Waals surface area contributed by atoms with Crippen LogP contribution >= 0.6 is 15.6 Å². The second-order valence-electron chi connectivity index (χ2n) is 19.4. The maximum Gasteiger partial charge on any atom is 0.472 e. The number of hydrogen-bond donors (Lipinski definition) is 4. The van der Waals surface area contributed by atoms with Gasteiger partial charge < -0.3 is 34.2 Å². The van der Waals surface area contributed by atoms with E-state index in [1.54, 1.807) is 0 Å². The van der Waals surface area contributed by atoms with Crippen LogP contribution in [0.25, 0.3) is 0 Å². The van der Waals surface area contributed by atoms with Gasteiger partial charge in [-0.1, -0.05) is 203 Å². The number of phosphoric ester groups is 2. The van der Waals surface area contributed by atoms with Crippen molar-refractivity contribution in [3.05, 3.63) is 72.9 Å². The lowest BCUT2D eigenvalue weighted by Gasteiger charge is -2.21. The summed E-state index contributed by atoms with van der Waals surface area (Å²) in [4.78, 5) is 57.9. The van der Waals surface area contributed by atoms with Crippen molar-refractivity contribution in [1.82, 2.24) is 0 Å². The van der Waals surface area contributed by atoms with Gasteiger partial charge in [-0.15, -0.1) is 0 Å². The van der Waals surface area contributed by atoms with Crippen molar-refractivity contribution < 1.29 is 75.8 Å². The van der Waals surface area contributed by atoms with Gasteiger partial charge in [0.1, 0.15) is 25.4 Å². The SMILES string of the molecule is CC/C=C\C/C=C\C/C=C\C/C=C\C/C=C\CCCC(=O)OCC(O)COP(=O)(O)OCC(O)COP(=O)(O)OCC(COC(=O)CCCCCCCCCCCCCCC)OC(=O)CCCCCCC/C=C\CCCC. The van der Waals surface area contributed by atoms with Crippen molar-refractivity contribution in [2.45, 2.75) is 245 Å². The van der Waals surface area contributed by atoms with E-state index in [0.29, 0.717) is 25.7 Å². The van der Waals surface area contributed by atoms with Gasteiger partial charge in [0.25, 0.3) is 0 Å². The van der Waals surface area contributed by atoms with Crippen LogP contribution < -0.4 is 0 Å². The Morgan fingerprint density at radius 3 is 1.19 bits per heavy atom. The fourth-order valence-electron chi connectivity index (χ4n) is 7.41. The summed E-state index contributed by atoms with van der Waals surface area (Å²) >= 11 is 0. The second kappa shape index (κ2) is 53.6. The number of allylic oxidation sites excluding steroid dienone is 12. The van der Waals surface area contributed by atoms with E-state index in [2.05, 4.69) is 81.5 Å². The Labute approximate surface area is 464 Å². The van der Waals surface area contributed by atoms with Crippen LogP contribution in [0.2, 0.25) is 0 Å². The maximum atomic E-state index is 12.8. The van der Waals surface area contributed by atoms with Crippen molar-refractivity contribution in [3.8, 4) is 0 Å². The summed E-state index contributed by atoms with van der Waals surface area (Å²) < 4.78 is 60.4. The molecule has 0 saturated heterocycles. The number of rotatable bonds is 55. The normalized spacial score (nSPS) is 15.1. The first-order valence-electron chi connectivity index (χ1n) is 29.2. The number of unbranched alkanes of at least 4 members (excludes halogenated alkanes) is 20. The molecule has 0 spiro atoms. The highest BCUT2D eigenvalue weighted by atomic mass is 31.2. The highest BCUT2D eigenvalue weighted by Gasteiger charge is 2.29. The molecular formula is C59H104O16P2. The van der Waals surface area contributed by atoms with Crippen LogP contribution in [0.4, 0.5) is 0 Å². The van der Waals surface area contributed by atoms with E-state index < -0.39 is 91.5 Å². The number of ether oxygens (including phenoxy) is 3. The Hall–Kier alpha value is -3.01. The van der Waals surface area contributed by atoms with Crippen molar-refractivity contribution in [1.29, 1.82) is 0 Å². The summed E-state index contributed by atoms with van der Waals surface area (Å²) in [5, 5.41) is 20.4. The van der Waals surface area contributed by atoms with Crippen LogP contribution in [-0.4, -0.2) is 95.9 Å². The molecule has 77 heavy (non-hydrogen) atoms. The topological polar surface area (TPSA) is 231 Å². The molecule has 0 fully saturated rings. The van der Waals surface area contributed by atoms with Crippen LogP contribution in [0.15, 0.2) is 72.9 Å². The molecule has 0 rings (SSSR count). The summed E-state index contributed by atoms with van der Waals surface area (Å²) in [7, 11) is -9.76. The first-order valence-corrected chi connectivity index (χ1v) is 32.2. The molecular weight excluding hydrogens is 1030 g/mol. The summed E-state index contributed by atoms with van der Waals surface area (Å²) in [5.74, 6) is -1.64. The summed E-state index contributed by atoms with van der Waals surface area (Å²) in [6.45, 7) is 2.41. The van der Waals surface area contributed by atoms with Gasteiger partial charge in [0.05, 0.1) is 26.4 Å². The summed E-state index contributed by atoms with van der Waals surface area (Å²) in [5.41, 5.74) is 0. The Morgan fingerprint density at radius 2 is 0.714 bits per heavy atom. The Kier molecular flexibility index (Phi) is 51.5. The summed E-state index contributed by atoms with van der Waals surface area (Å²) in [6, 6.07) is 0. The average molecular weight is 1130 g/mol. The predicted octanol–water partition coefficient (Wildman–Crippen LogP) is 14.9. The summed E-state index contributed by atoms with van der Waals surface area (Å²) in [6.07, 6.45) is 51.3. The third-order valence-electron chi connectivity index (χ3n) is 11.9. The molecule has 0 bridgehead atoms. The minimum absolute atomic E-state index is 0.0954. The maximum absolute atomic E-state index is 12.8. The van der Waals surface area contributed by atoms with E-state index in [1.165, 1.54) is 70.6 Å². The zero-order valence-corrected chi connectivity index (χ0v) is 49.4. The molecule has 0 aliphatic heterocycles. The lowest BCUT2D eigenvalue weighted by molar-refractivity contribution is -0.161. The highest BCUT2D eigenvalue weighted by molar-refractivity contribution is 7.47. The molecule has 0 aromatic rings. The van der Waals surface area contributed by atoms with Gasteiger partial charge in [-0.3, -0.25) is 32.5 Å². The first kappa shape index (κ1) is 74.0. The van der Waals surface area contributed by atoms with Gasteiger partial charge in [-0.25, -0.2) is 9.13 Å². The molecule has 5 atom stereocenters. The molecule has 0 radical (unpaired) electrons. The minimum Gasteiger partial charge on any atom is -0.463 e. The quantitative estimate of drug-likeness (QED) is 0.0146. The number of phosphoric acid groups is 2. The third kappa shape index (κ3) is 54.7. The molecule has 0 aliphatic carbocycles. The van der Waals surface area contributed by atoms with Gasteiger partial charge >= 0.3 is 33.6 Å². The smallest absolute Gasteiger partial charge is 0.463 e. The average Bonchev–Trinajstić information content (AvgIpc) is 3.40. The number of esters is 3. The van der Waals surface area contributed by atoms with E-state index in [-0.39, 0.29) is 19.3 Å². The van der Waals surface area contributed by atoms with Crippen LogP contribution in [0.3, 0.4) is 0 Å². The second-order valence-corrected chi connectivity index (χ2v) is 22.3. The fraction of sp³-hybridized carbons (Fsp3) is 0.746. The number of aliphatic hydroxyl groups excluding tert-OH is 2. The first-order chi connectivity index (χ1) is 37.2. The largest absolute Gasteiger partial charge is 0.472 e. The van der Waals surface area contributed by atoms with Crippen molar-refractivity contribution in [2.75, 3.05) is 39.6 Å². The highest BCUT2D eigenvalue weighted by Crippen LogP contribution is 2.45. The molecule has 0 heterocycles. The van der Waals surface area contributed by atoms with E-state index in [4.69, 9.17) is 32.3 Å². The van der Waals surface area contributed by atoms with Gasteiger partial charge in [0.15, 0.2) is 6.10 Å². The molecule has 0 saturated carbocycles. The lowest BCUT2D eigenvalue weighted by Crippen LogP contribution is -2.30. The van der Waals surface area contributed by atoms with Gasteiger partial charge in [-0.2, -0.15) is 0 Å². The van der Waals surface area contributed by atoms with Crippen molar-refractivity contribution in [3.63, 3.8) is 0 Å². The lowest BCUT2D eigenvalue weighted by atomic mass is 10.0. The van der Waals surface area contributed by atoms with Crippen molar-refractivity contribution >= 4 is 33.6 Å². The van der Waals surface area contributed by atoms with Crippen LogP contribution in [-0.2, 0) is 55.8 Å². The standard InChI is InChI=1S/C59H104O16P2/c1-4-7-10-13-16-19-22-24-25-26-27-29-32-33-36-39-42-45-57(62)69-48-54(60)49-71-76(65,66)72-50-55(61)51-73-77(67,68)74-53-56(75-59(64)47-44-41-38-35-30-21-18-15-12-9-6-3)52-70-58(63)46-43-40-37-34-31-28-23-20-17-14-11-8-5-2/h7,10,15-16,18-19,24-25,27,29,33,36,54-56,60-61H,4-6,8-9,11-14,17,20-23,26,28,30-32,34-35,37-53H2,1-3H3,(H,65,66)(H,67,68)/b10-7-,18-15-,19-16-,25-24-,29-27-,36-33-. The molecule has 18 heteroatoms. The number of aliphatic hydroxyl groups is 2. The molecule has 0 aliphatic rings. The molecule has 16 nitrogen and oxygen atoms in total. The van der Waals surface area contributed by atoms with E-state index in [9.17, 15) is 43.5 Å². The molecule has 0 aromatic carbocycles. The fourth-order valence-corrected chi connectivity index (χ4v) is 8.99. The Balaban J connectivity index is 4.68. The zero-order chi connectivity index (χ0) is 56.8. The van der Waals surface area contributed by atoms with Crippen LogP contribution in [0.1, 0.15) is 226 Å². The Bertz CT molecular complexity index is 1710. The Morgan fingerprint density at radius 1 is 0.377 bits per heavy atom. The van der Waals surface area contributed by atoms with E-state index in [0.717, 1.165) is 89.9 Å². The van der Waals surface area contributed by atoms with E-state index in [1.807, 2.05) is 12.2 Å². The molecule has 446 valence electrons. The van der Waals surface area contributed by atoms with Gasteiger partial charge in [-0.05, 0) is 77.0 Å². The van der Waals surface area contributed by atoms with Crippen molar-refractivity contribution in [2.24, 2.45) is 0 Å². The molecule has 5 unspecified atom stereocenters. The number of carbonyl (C=O) groups excluding carboxylic acids is 3. The predicted molar refractivity (Wildman–Crippen MR) is 307 cm³/mol. The number of hydrogen-bond acceptors (Lipinski definition) is 14. The van der Waals surface area contributed by atoms with Crippen LogP contribution in [0, 0.1) is 0 Å². The minimum atomic E-state index is -4.91. The molecule has 0 aromatic heterocycles. The van der Waals surface area contributed by atoms with E-state index >= 15 is 0 Å². The molecule has 4 N–H and O–H groups in total. The number of carbonyl (C=O) groups is 3. The monoisotopic (exact) mass is 1130 g/mol. The van der Waals surface area contributed by atoms with Gasteiger partial charge in [0, 0.05) is 19.3 Å². The zero-order valence-electron chi connectivity index (χ0n) is 47.6. The third-order valence-corrected chi connectivity index (χ3v) is 13.8. The van der Waals surface area contributed by atoms with Gasteiger partial charge in [0.2, 0.25) is 0 Å². The van der Waals surface area contributed by atoms with Crippen LogP contribution in [0.5, 0.6) is 0 Å². The molecule has 0 amide bonds.